The lowest BCUT2D eigenvalue weighted by atomic mass is 9.80. The number of likely N-dealkylation sites (N-methyl/N-ethyl adjacent to an activating group) is 1. The summed E-state index contributed by atoms with van der Waals surface area (Å²) in [5, 5.41) is 9.72. The number of rotatable bonds is 6. The smallest absolute Gasteiger partial charge is 0.329 e. The summed E-state index contributed by atoms with van der Waals surface area (Å²) < 4.78 is 10.5. The highest BCUT2D eigenvalue weighted by atomic mass is 16.5. The second-order valence-corrected chi connectivity index (χ2v) is 6.20. The summed E-state index contributed by atoms with van der Waals surface area (Å²) in [6, 6.07) is 5.25. The van der Waals surface area contributed by atoms with E-state index in [2.05, 4.69) is 0 Å². The number of ether oxygens (including phenoxy) is 2. The third-order valence-electron chi connectivity index (χ3n) is 4.92. The molecule has 1 amide bonds. The minimum absolute atomic E-state index is 0.0753. The molecule has 1 aromatic carbocycles. The molecule has 1 saturated carbocycles. The number of carbonyl (C=O) groups is 2. The molecule has 6 heteroatoms. The Morgan fingerprint density at radius 3 is 2.38 bits per heavy atom. The Morgan fingerprint density at radius 1 is 1.17 bits per heavy atom. The van der Waals surface area contributed by atoms with Gasteiger partial charge in [0.1, 0.15) is 17.0 Å². The first-order chi connectivity index (χ1) is 11.4. The SMILES string of the molecule is COc1ccc(OC)c(CC(=O)N(C)C2(C(=O)O)CCCCC2)c1. The maximum absolute atomic E-state index is 12.8. The van der Waals surface area contributed by atoms with Crippen LogP contribution in [0.3, 0.4) is 0 Å². The minimum Gasteiger partial charge on any atom is -0.497 e. The highest BCUT2D eigenvalue weighted by Gasteiger charge is 2.45. The van der Waals surface area contributed by atoms with Crippen molar-refractivity contribution in [2.24, 2.45) is 0 Å². The van der Waals surface area contributed by atoms with Crippen molar-refractivity contribution in [1.82, 2.24) is 4.90 Å². The molecule has 0 atom stereocenters. The number of carboxylic acids is 1. The first kappa shape index (κ1) is 18.1. The van der Waals surface area contributed by atoms with E-state index in [9.17, 15) is 14.7 Å². The van der Waals surface area contributed by atoms with Gasteiger partial charge in [0, 0.05) is 12.6 Å². The summed E-state index contributed by atoms with van der Waals surface area (Å²) in [6.45, 7) is 0. The summed E-state index contributed by atoms with van der Waals surface area (Å²) in [7, 11) is 4.69. The molecule has 6 nitrogen and oxygen atoms in total. The molecule has 1 aromatic rings. The lowest BCUT2D eigenvalue weighted by molar-refractivity contribution is -0.160. The number of nitrogens with zero attached hydrogens (tertiary/aromatic N) is 1. The molecule has 0 radical (unpaired) electrons. The Labute approximate surface area is 142 Å². The van der Waals surface area contributed by atoms with Crippen LogP contribution < -0.4 is 9.47 Å². The summed E-state index contributed by atoms with van der Waals surface area (Å²) in [5.74, 6) is 0.0685. The van der Waals surface area contributed by atoms with Gasteiger partial charge in [0.2, 0.25) is 5.91 Å². The van der Waals surface area contributed by atoms with E-state index in [1.807, 2.05) is 0 Å². The van der Waals surface area contributed by atoms with Gasteiger partial charge in [0.05, 0.1) is 20.6 Å². The van der Waals surface area contributed by atoms with E-state index in [0.717, 1.165) is 19.3 Å². The molecule has 1 aliphatic carbocycles. The fraction of sp³-hybridized carbons (Fsp3) is 0.556. The average molecular weight is 335 g/mol. The molecule has 0 aliphatic heterocycles. The predicted molar refractivity (Wildman–Crippen MR) is 89.5 cm³/mol. The minimum atomic E-state index is -1.10. The van der Waals surface area contributed by atoms with E-state index in [4.69, 9.17) is 9.47 Å². The molecule has 2 rings (SSSR count). The first-order valence-electron chi connectivity index (χ1n) is 8.15. The summed E-state index contributed by atoms with van der Waals surface area (Å²) in [6.07, 6.45) is 3.74. The largest absolute Gasteiger partial charge is 0.497 e. The maximum Gasteiger partial charge on any atom is 0.329 e. The zero-order valence-corrected chi connectivity index (χ0v) is 14.5. The number of amides is 1. The lowest BCUT2D eigenvalue weighted by Gasteiger charge is -2.41. The molecule has 0 saturated heterocycles. The van der Waals surface area contributed by atoms with Crippen LogP contribution in [-0.4, -0.2) is 48.7 Å². The highest BCUT2D eigenvalue weighted by molar-refractivity contribution is 5.88. The Hall–Kier alpha value is -2.24. The van der Waals surface area contributed by atoms with Crippen LogP contribution in [0, 0.1) is 0 Å². The molecule has 0 aromatic heterocycles. The van der Waals surface area contributed by atoms with Crippen molar-refractivity contribution in [2.45, 2.75) is 44.1 Å². The average Bonchev–Trinajstić information content (AvgIpc) is 2.61. The molecular weight excluding hydrogens is 310 g/mol. The zero-order chi connectivity index (χ0) is 17.7. The summed E-state index contributed by atoms with van der Waals surface area (Å²) in [5.41, 5.74) is -0.411. The Morgan fingerprint density at radius 2 is 1.83 bits per heavy atom. The van der Waals surface area contributed by atoms with Gasteiger partial charge in [-0.05, 0) is 31.0 Å². The third kappa shape index (κ3) is 3.47. The monoisotopic (exact) mass is 335 g/mol. The van der Waals surface area contributed by atoms with Gasteiger partial charge in [0.25, 0.3) is 0 Å². The standard InChI is InChI=1S/C18H25NO5/c1-19(18(17(21)22)9-5-4-6-10-18)16(20)12-13-11-14(23-2)7-8-15(13)24-3/h7-8,11H,4-6,9-10,12H2,1-3H3,(H,21,22). The van der Waals surface area contributed by atoms with E-state index >= 15 is 0 Å². The second-order valence-electron chi connectivity index (χ2n) is 6.20. The Balaban J connectivity index is 2.23. The van der Waals surface area contributed by atoms with Crippen LogP contribution in [-0.2, 0) is 16.0 Å². The second kappa shape index (κ2) is 7.55. The maximum atomic E-state index is 12.8. The van der Waals surface area contributed by atoms with E-state index in [1.54, 1.807) is 39.5 Å². The third-order valence-corrected chi connectivity index (χ3v) is 4.92. The van der Waals surface area contributed by atoms with Gasteiger partial charge in [-0.3, -0.25) is 4.79 Å². The number of hydrogen-bond donors (Lipinski definition) is 1. The van der Waals surface area contributed by atoms with Crippen LogP contribution in [0.1, 0.15) is 37.7 Å². The molecule has 24 heavy (non-hydrogen) atoms. The van der Waals surface area contributed by atoms with E-state index < -0.39 is 11.5 Å². The van der Waals surface area contributed by atoms with Gasteiger partial charge in [-0.2, -0.15) is 0 Å². The number of carbonyl (C=O) groups excluding carboxylic acids is 1. The molecule has 1 N–H and O–H groups in total. The van der Waals surface area contributed by atoms with Gasteiger partial charge in [-0.1, -0.05) is 19.3 Å². The van der Waals surface area contributed by atoms with E-state index in [0.29, 0.717) is 29.9 Å². The number of carboxylic acid groups (broad SMARTS) is 1. The van der Waals surface area contributed by atoms with Crippen molar-refractivity contribution in [1.29, 1.82) is 0 Å². The first-order valence-corrected chi connectivity index (χ1v) is 8.15. The summed E-state index contributed by atoms with van der Waals surface area (Å²) in [4.78, 5) is 26.0. The van der Waals surface area contributed by atoms with Crippen LogP contribution in [0.25, 0.3) is 0 Å². The predicted octanol–water partition coefficient (Wildman–Crippen LogP) is 2.49. The number of benzene rings is 1. The van der Waals surface area contributed by atoms with Crippen LogP contribution in [0.5, 0.6) is 11.5 Å². The molecule has 0 unspecified atom stereocenters. The van der Waals surface area contributed by atoms with E-state index in [1.165, 1.54) is 4.90 Å². The number of methoxy groups -OCH3 is 2. The van der Waals surface area contributed by atoms with Crippen LogP contribution in [0.4, 0.5) is 0 Å². The van der Waals surface area contributed by atoms with Crippen LogP contribution in [0.15, 0.2) is 18.2 Å². The normalized spacial score (nSPS) is 16.3. The van der Waals surface area contributed by atoms with Crippen molar-refractivity contribution >= 4 is 11.9 Å². The zero-order valence-electron chi connectivity index (χ0n) is 14.5. The van der Waals surface area contributed by atoms with Gasteiger partial charge < -0.3 is 19.5 Å². The van der Waals surface area contributed by atoms with Gasteiger partial charge in [-0.25, -0.2) is 4.79 Å². The molecule has 0 bridgehead atoms. The van der Waals surface area contributed by atoms with Gasteiger partial charge in [0.15, 0.2) is 0 Å². The lowest BCUT2D eigenvalue weighted by Crippen LogP contribution is -2.56. The van der Waals surface area contributed by atoms with Crippen molar-refractivity contribution in [3.05, 3.63) is 23.8 Å². The molecule has 0 heterocycles. The number of aliphatic carboxylic acids is 1. The van der Waals surface area contributed by atoms with Gasteiger partial charge >= 0.3 is 5.97 Å². The molecule has 0 spiro atoms. The van der Waals surface area contributed by atoms with Crippen LogP contribution >= 0.6 is 0 Å². The van der Waals surface area contributed by atoms with Crippen molar-refractivity contribution in [3.63, 3.8) is 0 Å². The van der Waals surface area contributed by atoms with Crippen molar-refractivity contribution in [2.75, 3.05) is 21.3 Å². The number of hydrogen-bond acceptors (Lipinski definition) is 4. The van der Waals surface area contributed by atoms with Gasteiger partial charge in [-0.15, -0.1) is 0 Å². The van der Waals surface area contributed by atoms with Crippen molar-refractivity contribution in [3.8, 4) is 11.5 Å². The molecular formula is C18H25NO5. The van der Waals surface area contributed by atoms with E-state index in [-0.39, 0.29) is 12.3 Å². The Bertz CT molecular complexity index is 607. The fourth-order valence-corrected chi connectivity index (χ4v) is 3.37. The molecule has 1 aliphatic rings. The molecule has 1 fully saturated rings. The highest BCUT2D eigenvalue weighted by Crippen LogP contribution is 2.34. The quantitative estimate of drug-likeness (QED) is 0.864. The fourth-order valence-electron chi connectivity index (χ4n) is 3.37. The van der Waals surface area contributed by atoms with Crippen LogP contribution in [0.2, 0.25) is 0 Å². The summed E-state index contributed by atoms with van der Waals surface area (Å²) >= 11 is 0. The molecule has 132 valence electrons. The topological polar surface area (TPSA) is 76.1 Å². The van der Waals surface area contributed by atoms with Crippen molar-refractivity contribution < 1.29 is 24.2 Å². The Kier molecular flexibility index (Phi) is 5.70.